The second-order valence-electron chi connectivity index (χ2n) is 1.000. The van der Waals surface area contributed by atoms with Crippen LogP contribution >= 0.6 is 0 Å². The molecule has 0 aromatic heterocycles. The van der Waals surface area contributed by atoms with E-state index in [1.807, 2.05) is 0 Å². The second-order valence-corrected chi connectivity index (χ2v) is 1.000. The van der Waals surface area contributed by atoms with Crippen molar-refractivity contribution in [2.75, 3.05) is 0 Å². The Morgan fingerprint density at radius 3 is 1.25 bits per heavy atom. The molecule has 0 aliphatic rings. The van der Waals surface area contributed by atoms with Crippen molar-refractivity contribution in [2.24, 2.45) is 0 Å². The van der Waals surface area contributed by atoms with E-state index in [2.05, 4.69) is 13.8 Å². The molecule has 0 heterocycles. The van der Waals surface area contributed by atoms with Gasteiger partial charge in [0.05, 0.1) is 0 Å². The normalized spacial score (nSPS) is 4.62. The fourth-order valence-corrected chi connectivity index (χ4v) is 0. The third-order valence-corrected chi connectivity index (χ3v) is 0.500. The van der Waals surface area contributed by atoms with Crippen LogP contribution < -0.4 is 35.8 Å². The summed E-state index contributed by atoms with van der Waals surface area (Å²) in [4.78, 5) is 0. The fourth-order valence-electron chi connectivity index (χ4n) is 0. The van der Waals surface area contributed by atoms with Crippen LogP contribution in [0.2, 0.25) is 0 Å². The molecule has 42 valence electrons. The third kappa shape index (κ3) is 48.9. The predicted molar refractivity (Wildman–Crippen MR) is 27.4 cm³/mol. The zero-order chi connectivity index (χ0) is 5.41. The quantitative estimate of drug-likeness (QED) is 0.351. The molecule has 0 atom stereocenters. The summed E-state index contributed by atoms with van der Waals surface area (Å²) in [5.41, 5.74) is 0. The van der Waals surface area contributed by atoms with Gasteiger partial charge in [0.15, 0.2) is 0 Å². The molecule has 0 saturated carbocycles. The first-order valence-corrected chi connectivity index (χ1v) is 2.29. The van der Waals surface area contributed by atoms with Gasteiger partial charge >= 0.3 is 40.4 Å². The average Bonchev–Trinajstić information content (AvgIpc) is 1.72. The van der Waals surface area contributed by atoms with Crippen molar-refractivity contribution < 1.29 is 39.2 Å². The molecule has 0 radical (unpaired) electrons. The molecule has 4 heteroatoms. The summed E-state index contributed by atoms with van der Waals surface area (Å²) in [5.74, 6) is 0. The second kappa shape index (κ2) is 38.3. The van der Waals surface area contributed by atoms with E-state index in [4.69, 9.17) is 0 Å². The van der Waals surface area contributed by atoms with Crippen LogP contribution in [0, 0.1) is 0 Å². The SMILES string of the molecule is CCCC.[Br-].[Li+].[Li][F]. The Hall–Kier alpha value is 1.60. The fraction of sp³-hybridized carbons (Fsp3) is 1.00. The van der Waals surface area contributed by atoms with E-state index < -0.39 is 0 Å². The van der Waals surface area contributed by atoms with E-state index in [1.54, 1.807) is 0 Å². The molecular formula is C4H10BrFLi2. The summed E-state index contributed by atoms with van der Waals surface area (Å²) in [6.07, 6.45) is 2.64. The van der Waals surface area contributed by atoms with E-state index in [0.29, 0.717) is 18.2 Å². The van der Waals surface area contributed by atoms with Crippen LogP contribution in [0.5, 0.6) is 0 Å². The van der Waals surface area contributed by atoms with E-state index in [-0.39, 0.29) is 35.8 Å². The minimum absolute atomic E-state index is 0. The van der Waals surface area contributed by atoms with E-state index >= 15 is 0 Å². The molecule has 0 fully saturated rings. The van der Waals surface area contributed by atoms with Crippen LogP contribution in [0.4, 0.5) is 3.38 Å². The molecule has 0 rings (SSSR count). The van der Waals surface area contributed by atoms with E-state index in [1.165, 1.54) is 12.8 Å². The predicted octanol–water partition coefficient (Wildman–Crippen LogP) is -4.15. The molecule has 0 aliphatic carbocycles. The van der Waals surface area contributed by atoms with Crippen molar-refractivity contribution in [2.45, 2.75) is 26.7 Å². The van der Waals surface area contributed by atoms with Crippen LogP contribution in [0.3, 0.4) is 0 Å². The zero-order valence-corrected chi connectivity index (χ0v) is 7.76. The van der Waals surface area contributed by atoms with Gasteiger partial charge in [0, 0.05) is 0 Å². The topological polar surface area (TPSA) is 0 Å². The van der Waals surface area contributed by atoms with Gasteiger partial charge < -0.3 is 17.0 Å². The average molecular weight is 171 g/mol. The van der Waals surface area contributed by atoms with Crippen molar-refractivity contribution in [3.05, 3.63) is 0 Å². The molecule has 0 nitrogen and oxygen atoms in total. The Kier molecular flexibility index (Phi) is 108. The van der Waals surface area contributed by atoms with Gasteiger partial charge in [0.25, 0.3) is 0 Å². The van der Waals surface area contributed by atoms with Crippen LogP contribution in [0.15, 0.2) is 0 Å². The maximum atomic E-state index is 9.50. The molecule has 0 aromatic rings. The Balaban J connectivity index is -0.0000000183. The molecule has 0 bridgehead atoms. The van der Waals surface area contributed by atoms with Gasteiger partial charge in [0.2, 0.25) is 0 Å². The Morgan fingerprint density at radius 1 is 1.12 bits per heavy atom. The molecule has 8 heavy (non-hydrogen) atoms. The minimum atomic E-state index is 0. The van der Waals surface area contributed by atoms with Crippen molar-refractivity contribution in [3.63, 3.8) is 0 Å². The first-order valence-electron chi connectivity index (χ1n) is 2.29. The first-order chi connectivity index (χ1) is 2.91. The Morgan fingerprint density at radius 2 is 1.25 bits per heavy atom. The van der Waals surface area contributed by atoms with Crippen LogP contribution in [0.1, 0.15) is 26.7 Å². The molecule has 0 amide bonds. The number of rotatable bonds is 1. The van der Waals surface area contributed by atoms with E-state index in [9.17, 15) is 3.38 Å². The van der Waals surface area contributed by atoms with Gasteiger partial charge in [0.1, 0.15) is 0 Å². The summed E-state index contributed by atoms with van der Waals surface area (Å²) in [6, 6.07) is 0. The Labute approximate surface area is 83.7 Å². The molecule has 0 saturated heterocycles. The van der Waals surface area contributed by atoms with Gasteiger partial charge in [-0.3, -0.25) is 0 Å². The molecule has 0 unspecified atom stereocenters. The summed E-state index contributed by atoms with van der Waals surface area (Å²) in [6.45, 7) is 4.36. The number of halogens is 2. The van der Waals surface area contributed by atoms with Crippen molar-refractivity contribution in [3.8, 4) is 0 Å². The summed E-state index contributed by atoms with van der Waals surface area (Å²) in [7, 11) is 0. The Bertz CT molecular complexity index is 16.0. The maximum absolute atomic E-state index is 9.50. The van der Waals surface area contributed by atoms with Crippen molar-refractivity contribution in [1.29, 1.82) is 0 Å². The summed E-state index contributed by atoms with van der Waals surface area (Å²) in [5, 5.41) is 0. The number of hydrogen-bond acceptors (Lipinski definition) is 0. The van der Waals surface area contributed by atoms with Crippen LogP contribution in [-0.2, 0) is 0 Å². The third-order valence-electron chi connectivity index (χ3n) is 0.500. The van der Waals surface area contributed by atoms with Crippen molar-refractivity contribution >= 4 is 18.2 Å². The molecule has 0 N–H and O–H groups in total. The monoisotopic (exact) mass is 170 g/mol. The van der Waals surface area contributed by atoms with Gasteiger partial charge in [-0.25, -0.2) is 0 Å². The van der Waals surface area contributed by atoms with Crippen LogP contribution in [-0.4, -0.2) is 18.2 Å². The molecule has 0 spiro atoms. The van der Waals surface area contributed by atoms with E-state index in [0.717, 1.165) is 0 Å². The molecule has 0 aliphatic heterocycles. The van der Waals surface area contributed by atoms with Crippen LogP contribution in [0.25, 0.3) is 0 Å². The number of unbranched alkanes of at least 4 members (excludes halogenated alkanes) is 1. The zero-order valence-electron chi connectivity index (χ0n) is 6.17. The summed E-state index contributed by atoms with van der Waals surface area (Å²) >= 11 is 0.500. The molecular weight excluding hydrogens is 161 g/mol. The van der Waals surface area contributed by atoms with Gasteiger partial charge in [-0.15, -0.1) is 0 Å². The van der Waals surface area contributed by atoms with Gasteiger partial charge in [-0.05, 0) is 0 Å². The van der Waals surface area contributed by atoms with Crippen molar-refractivity contribution in [1.82, 2.24) is 0 Å². The first kappa shape index (κ1) is 22.6. The summed E-state index contributed by atoms with van der Waals surface area (Å²) < 4.78 is 9.50. The standard InChI is InChI=1S/C4H10.BrH.FH.2Li/c1-3-4-2;;;;/h3-4H2,1-2H3;2*1H;;/q;;;2*+1/p-2. The number of hydrogen-bond donors (Lipinski definition) is 0. The van der Waals surface area contributed by atoms with Gasteiger partial charge in [-0.2, -0.15) is 0 Å². The molecule has 0 aromatic carbocycles. The van der Waals surface area contributed by atoms with Gasteiger partial charge in [-0.1, -0.05) is 26.7 Å².